The summed E-state index contributed by atoms with van der Waals surface area (Å²) in [6.45, 7) is 6.47. The Bertz CT molecular complexity index is 1270. The first kappa shape index (κ1) is 26.3. The minimum absolute atomic E-state index is 0.0710. The van der Waals surface area contributed by atoms with Gasteiger partial charge < -0.3 is 5.11 Å². The van der Waals surface area contributed by atoms with E-state index in [0.29, 0.717) is 39.3 Å². The molecule has 5 nitrogen and oxygen atoms in total. The lowest BCUT2D eigenvalue weighted by Gasteiger charge is -2.24. The van der Waals surface area contributed by atoms with Crippen molar-refractivity contribution in [3.05, 3.63) is 57.6 Å². The summed E-state index contributed by atoms with van der Waals surface area (Å²) in [5, 5.41) is 10.8. The molecule has 0 bridgehead atoms. The van der Waals surface area contributed by atoms with Crippen molar-refractivity contribution >= 4 is 72.4 Å². The van der Waals surface area contributed by atoms with Gasteiger partial charge in [-0.15, -0.1) is 23.1 Å². The summed E-state index contributed by atoms with van der Waals surface area (Å²) in [7, 11) is -3.69. The predicted molar refractivity (Wildman–Crippen MR) is 139 cm³/mol. The lowest BCUT2D eigenvalue weighted by Crippen LogP contribution is -2.36. The first-order valence-electron chi connectivity index (χ1n) is 10.4. The number of rotatable bonds is 10. The number of hydrogen-bond donors (Lipinski definition) is 1. The van der Waals surface area contributed by atoms with Gasteiger partial charge in [-0.05, 0) is 60.2 Å². The van der Waals surface area contributed by atoms with Crippen molar-refractivity contribution in [1.82, 2.24) is 4.31 Å². The number of halogens is 2. The Labute approximate surface area is 212 Å². The smallest absolute Gasteiger partial charge is 0.307 e. The van der Waals surface area contributed by atoms with Crippen molar-refractivity contribution in [2.45, 2.75) is 48.0 Å². The lowest BCUT2D eigenvalue weighted by atomic mass is 10.1. The minimum atomic E-state index is -3.69. The van der Waals surface area contributed by atoms with Gasteiger partial charge in [0.25, 0.3) is 10.0 Å². The number of benzene rings is 2. The summed E-state index contributed by atoms with van der Waals surface area (Å²) in [4.78, 5) is 11.7. The predicted octanol–water partition coefficient (Wildman–Crippen LogP) is 6.73. The Balaban J connectivity index is 1.83. The van der Waals surface area contributed by atoms with Gasteiger partial charge in [0.05, 0.1) is 11.4 Å². The van der Waals surface area contributed by atoms with Gasteiger partial charge >= 0.3 is 5.97 Å². The molecule has 3 rings (SSSR count). The molecule has 1 N–H and O–H groups in total. The SMILES string of the molecule is CCCN(C[C@@H](C)Sc1ccc(CC(=O)O)cc1Cl)S(=O)(=O)c1sc2ccc(Cl)cc2c1C. The van der Waals surface area contributed by atoms with Crippen LogP contribution in [-0.2, 0) is 21.2 Å². The van der Waals surface area contributed by atoms with Crippen LogP contribution in [0.1, 0.15) is 31.4 Å². The number of fused-ring (bicyclic) bond motifs is 1. The molecule has 0 aliphatic carbocycles. The van der Waals surface area contributed by atoms with Crippen molar-refractivity contribution in [2.75, 3.05) is 13.1 Å². The van der Waals surface area contributed by atoms with Crippen molar-refractivity contribution < 1.29 is 18.3 Å². The largest absolute Gasteiger partial charge is 0.481 e. The molecule has 0 spiro atoms. The molecular formula is C23H25Cl2NO4S3. The number of nitrogens with zero attached hydrogens (tertiary/aromatic N) is 1. The van der Waals surface area contributed by atoms with Crippen LogP contribution in [0.25, 0.3) is 10.1 Å². The van der Waals surface area contributed by atoms with Gasteiger partial charge in [0.15, 0.2) is 0 Å². The van der Waals surface area contributed by atoms with Crippen LogP contribution in [0.15, 0.2) is 45.5 Å². The van der Waals surface area contributed by atoms with Crippen molar-refractivity contribution in [3.8, 4) is 0 Å². The first-order valence-corrected chi connectivity index (χ1v) is 14.3. The highest BCUT2D eigenvalue weighted by molar-refractivity contribution is 8.00. The van der Waals surface area contributed by atoms with Crippen LogP contribution in [0.5, 0.6) is 0 Å². The number of carboxylic acids is 1. The summed E-state index contributed by atoms with van der Waals surface area (Å²) in [5.74, 6) is -0.918. The van der Waals surface area contributed by atoms with E-state index in [-0.39, 0.29) is 11.7 Å². The Hall–Kier alpha value is -1.29. The van der Waals surface area contributed by atoms with Crippen LogP contribution in [0, 0.1) is 6.92 Å². The Morgan fingerprint density at radius 1 is 1.21 bits per heavy atom. The molecule has 10 heteroatoms. The fourth-order valence-electron chi connectivity index (χ4n) is 3.56. The molecule has 2 aromatic carbocycles. The van der Waals surface area contributed by atoms with Gasteiger partial charge in [-0.25, -0.2) is 8.42 Å². The van der Waals surface area contributed by atoms with Crippen LogP contribution in [-0.4, -0.2) is 42.1 Å². The second-order valence-electron chi connectivity index (χ2n) is 7.78. The third-order valence-corrected chi connectivity index (χ3v) is 10.6. The average Bonchev–Trinajstić information content (AvgIpc) is 3.06. The van der Waals surface area contributed by atoms with Gasteiger partial charge in [-0.2, -0.15) is 4.31 Å². The normalized spacial score (nSPS) is 13.0. The van der Waals surface area contributed by atoms with Crippen molar-refractivity contribution in [3.63, 3.8) is 0 Å². The van der Waals surface area contributed by atoms with E-state index in [1.54, 1.807) is 30.3 Å². The molecule has 0 amide bonds. The molecule has 33 heavy (non-hydrogen) atoms. The monoisotopic (exact) mass is 545 g/mol. The topological polar surface area (TPSA) is 74.7 Å². The maximum atomic E-state index is 13.6. The molecule has 0 unspecified atom stereocenters. The zero-order chi connectivity index (χ0) is 24.3. The zero-order valence-corrected chi connectivity index (χ0v) is 22.4. The Morgan fingerprint density at radius 2 is 1.94 bits per heavy atom. The van der Waals surface area contributed by atoms with E-state index in [1.165, 1.54) is 27.4 Å². The quantitative estimate of drug-likeness (QED) is 0.286. The molecule has 0 aliphatic rings. The van der Waals surface area contributed by atoms with Gasteiger partial charge in [0, 0.05) is 33.0 Å². The number of thioether (sulfide) groups is 1. The third-order valence-electron chi connectivity index (χ3n) is 5.04. The molecule has 1 heterocycles. The highest BCUT2D eigenvalue weighted by Gasteiger charge is 2.30. The Kier molecular flexibility index (Phi) is 8.75. The van der Waals surface area contributed by atoms with Crippen molar-refractivity contribution in [1.29, 1.82) is 0 Å². The highest BCUT2D eigenvalue weighted by Crippen LogP contribution is 2.38. The number of carboxylic acid groups (broad SMARTS) is 1. The molecule has 0 saturated carbocycles. The van der Waals surface area contributed by atoms with E-state index in [4.69, 9.17) is 28.3 Å². The first-order chi connectivity index (χ1) is 15.5. The lowest BCUT2D eigenvalue weighted by molar-refractivity contribution is -0.136. The highest BCUT2D eigenvalue weighted by atomic mass is 35.5. The summed E-state index contributed by atoms with van der Waals surface area (Å²) in [5.41, 5.74) is 1.34. The van der Waals surface area contributed by atoms with E-state index in [2.05, 4.69) is 0 Å². The van der Waals surface area contributed by atoms with Crippen molar-refractivity contribution in [2.24, 2.45) is 0 Å². The molecule has 3 aromatic rings. The van der Waals surface area contributed by atoms with Crippen LogP contribution < -0.4 is 0 Å². The maximum absolute atomic E-state index is 13.6. The average molecular weight is 547 g/mol. The fraction of sp³-hybridized carbons (Fsp3) is 0.348. The molecule has 1 aromatic heterocycles. The number of aliphatic carboxylic acids is 1. The van der Waals surface area contributed by atoms with E-state index in [1.807, 2.05) is 26.8 Å². The van der Waals surface area contributed by atoms with Crippen LogP contribution in [0.3, 0.4) is 0 Å². The minimum Gasteiger partial charge on any atom is -0.481 e. The number of thiophene rings is 1. The summed E-state index contributed by atoms with van der Waals surface area (Å²) >= 11 is 15.2. The van der Waals surface area contributed by atoms with Crippen LogP contribution >= 0.6 is 46.3 Å². The van der Waals surface area contributed by atoms with Gasteiger partial charge in [-0.3, -0.25) is 4.79 Å². The van der Waals surface area contributed by atoms with Gasteiger partial charge in [-0.1, -0.05) is 43.1 Å². The molecule has 0 saturated heterocycles. The Morgan fingerprint density at radius 3 is 2.58 bits per heavy atom. The second kappa shape index (κ2) is 11.0. The number of carbonyl (C=O) groups is 1. The molecule has 0 fully saturated rings. The van der Waals surface area contributed by atoms with E-state index in [9.17, 15) is 13.2 Å². The molecule has 0 aliphatic heterocycles. The molecule has 1 atom stereocenters. The van der Waals surface area contributed by atoms with E-state index in [0.717, 1.165) is 20.5 Å². The maximum Gasteiger partial charge on any atom is 0.307 e. The standard InChI is InChI=1S/C23H25Cl2NO4S3/c1-4-9-26(13-14(2)31-21-7-5-16(10-19(21)25)11-22(27)28)33(29,30)23-15(3)18-12-17(24)6-8-20(18)32-23/h5-8,10,12,14H,4,9,11,13H2,1-3H3,(H,27,28)/t14-/m1/s1. The summed E-state index contributed by atoms with van der Waals surface area (Å²) in [6.07, 6.45) is 0.597. The number of sulfonamides is 1. The van der Waals surface area contributed by atoms with E-state index >= 15 is 0 Å². The zero-order valence-electron chi connectivity index (χ0n) is 18.5. The molecule has 178 valence electrons. The number of hydrogen-bond acceptors (Lipinski definition) is 5. The fourth-order valence-corrected chi connectivity index (χ4v) is 8.67. The second-order valence-corrected chi connectivity index (χ2v) is 13.3. The molecule has 0 radical (unpaired) electrons. The molecular weight excluding hydrogens is 521 g/mol. The van der Waals surface area contributed by atoms with Gasteiger partial charge in [0.2, 0.25) is 0 Å². The summed E-state index contributed by atoms with van der Waals surface area (Å²) < 4.78 is 30.0. The van der Waals surface area contributed by atoms with Crippen LogP contribution in [0.2, 0.25) is 10.0 Å². The third kappa shape index (κ3) is 6.24. The number of aryl methyl sites for hydroxylation is 1. The van der Waals surface area contributed by atoms with Crippen LogP contribution in [0.4, 0.5) is 0 Å². The van der Waals surface area contributed by atoms with E-state index < -0.39 is 16.0 Å². The van der Waals surface area contributed by atoms with Gasteiger partial charge in [0.1, 0.15) is 4.21 Å². The summed E-state index contributed by atoms with van der Waals surface area (Å²) in [6, 6.07) is 10.6.